The van der Waals surface area contributed by atoms with Crippen LogP contribution >= 0.6 is 12.4 Å². The normalized spacial score (nSPS) is 10.1. The minimum Gasteiger partial charge on any atom is -0.369 e. The molecule has 21 heavy (non-hydrogen) atoms. The second-order valence-corrected chi connectivity index (χ2v) is 4.83. The van der Waals surface area contributed by atoms with Crippen LogP contribution in [-0.2, 0) is 6.54 Å². The van der Waals surface area contributed by atoms with E-state index < -0.39 is 5.91 Å². The maximum atomic E-state index is 11.0. The van der Waals surface area contributed by atoms with Gasteiger partial charge in [0.25, 0.3) is 0 Å². The smallest absolute Gasteiger partial charge is 0.248 e. The highest BCUT2D eigenvalue weighted by Crippen LogP contribution is 2.20. The van der Waals surface area contributed by atoms with E-state index in [0.717, 1.165) is 24.2 Å². The van der Waals surface area contributed by atoms with Crippen LogP contribution in [0.25, 0.3) is 11.3 Å². The lowest BCUT2D eigenvalue weighted by atomic mass is 10.1. The van der Waals surface area contributed by atoms with Gasteiger partial charge in [-0.1, -0.05) is 31.9 Å². The van der Waals surface area contributed by atoms with E-state index in [0.29, 0.717) is 11.5 Å². The number of halogens is 1. The van der Waals surface area contributed by atoms with Gasteiger partial charge in [0.1, 0.15) is 0 Å². The van der Waals surface area contributed by atoms with Crippen molar-refractivity contribution < 1.29 is 4.79 Å². The Bertz CT molecular complexity index is 592. The van der Waals surface area contributed by atoms with Crippen LogP contribution in [-0.4, -0.2) is 15.5 Å². The molecule has 0 saturated carbocycles. The second-order valence-electron chi connectivity index (χ2n) is 4.83. The molecule has 1 amide bonds. The van der Waals surface area contributed by atoms with Crippen molar-refractivity contribution in [3.63, 3.8) is 0 Å². The first-order valence-electron chi connectivity index (χ1n) is 6.84. The number of nitrogens with two attached hydrogens (primary N) is 2. The monoisotopic (exact) mass is 308 g/mol. The summed E-state index contributed by atoms with van der Waals surface area (Å²) in [6, 6.07) is 7.06. The molecule has 0 radical (unpaired) electrons. The maximum Gasteiger partial charge on any atom is 0.248 e. The Labute approximate surface area is 130 Å². The molecular weight excluding hydrogens is 288 g/mol. The van der Waals surface area contributed by atoms with Crippen LogP contribution in [0.15, 0.2) is 30.5 Å². The molecule has 0 atom stereocenters. The highest BCUT2D eigenvalue weighted by molar-refractivity contribution is 5.93. The number of aryl methyl sites for hydroxylation is 1. The van der Waals surface area contributed by atoms with Gasteiger partial charge in [-0.25, -0.2) is 4.98 Å². The molecule has 2 aromatic rings. The van der Waals surface area contributed by atoms with E-state index in [9.17, 15) is 4.79 Å². The third kappa shape index (κ3) is 4.23. The van der Waals surface area contributed by atoms with Gasteiger partial charge >= 0.3 is 0 Å². The molecule has 0 unspecified atom stereocenters. The quantitative estimate of drug-likeness (QED) is 0.804. The first kappa shape index (κ1) is 17.0. The van der Waals surface area contributed by atoms with E-state index >= 15 is 0 Å². The standard InChI is InChI=1S/C15H20N4O.ClH/c1-2-3-4-9-19-10-13(18-15(19)17)11-5-7-12(8-6-11)14(16)20;/h5-8,10H,2-4,9H2,1H3,(H2,16,20)(H2,17,18);1H. The second kappa shape index (κ2) is 7.69. The number of anilines is 1. The van der Waals surface area contributed by atoms with Crippen molar-refractivity contribution in [1.82, 2.24) is 9.55 Å². The first-order chi connectivity index (χ1) is 9.61. The van der Waals surface area contributed by atoms with Crippen LogP contribution in [0.3, 0.4) is 0 Å². The number of primary amides is 1. The third-order valence-electron chi connectivity index (χ3n) is 3.28. The Morgan fingerprint density at radius 3 is 2.48 bits per heavy atom. The summed E-state index contributed by atoms with van der Waals surface area (Å²) in [5.74, 6) is 0.0937. The molecule has 6 heteroatoms. The number of carbonyl (C=O) groups excluding carboxylic acids is 1. The van der Waals surface area contributed by atoms with Gasteiger partial charge in [-0.05, 0) is 18.6 Å². The van der Waals surface area contributed by atoms with Crippen molar-refractivity contribution in [3.05, 3.63) is 36.0 Å². The van der Waals surface area contributed by atoms with Crippen LogP contribution in [0.2, 0.25) is 0 Å². The molecule has 2 rings (SSSR count). The Kier molecular flexibility index (Phi) is 6.24. The van der Waals surface area contributed by atoms with E-state index in [1.807, 2.05) is 22.9 Å². The van der Waals surface area contributed by atoms with Crippen molar-refractivity contribution in [2.24, 2.45) is 5.73 Å². The number of rotatable bonds is 6. The third-order valence-corrected chi connectivity index (χ3v) is 3.28. The zero-order valence-corrected chi connectivity index (χ0v) is 12.9. The van der Waals surface area contributed by atoms with Gasteiger partial charge in [0, 0.05) is 23.9 Å². The van der Waals surface area contributed by atoms with Gasteiger partial charge in [-0.2, -0.15) is 0 Å². The SMILES string of the molecule is CCCCCn1cc(-c2ccc(C(N)=O)cc2)nc1N.Cl. The predicted octanol–water partition coefficient (Wildman–Crippen LogP) is 2.84. The van der Waals surface area contributed by atoms with Crippen LogP contribution in [0.4, 0.5) is 5.95 Å². The van der Waals surface area contributed by atoms with Gasteiger partial charge in [0.2, 0.25) is 11.9 Å². The topological polar surface area (TPSA) is 86.9 Å². The number of aromatic nitrogens is 2. The summed E-state index contributed by atoms with van der Waals surface area (Å²) in [4.78, 5) is 15.4. The summed E-state index contributed by atoms with van der Waals surface area (Å²) >= 11 is 0. The van der Waals surface area contributed by atoms with Gasteiger partial charge in [-0.3, -0.25) is 4.79 Å². The Balaban J connectivity index is 0.00000220. The van der Waals surface area contributed by atoms with E-state index in [-0.39, 0.29) is 12.4 Å². The predicted molar refractivity (Wildman–Crippen MR) is 87.4 cm³/mol. The van der Waals surface area contributed by atoms with E-state index in [4.69, 9.17) is 11.5 Å². The van der Waals surface area contributed by atoms with E-state index in [2.05, 4.69) is 11.9 Å². The summed E-state index contributed by atoms with van der Waals surface area (Å²) in [6.07, 6.45) is 5.40. The zero-order valence-electron chi connectivity index (χ0n) is 12.1. The molecule has 114 valence electrons. The lowest BCUT2D eigenvalue weighted by Crippen LogP contribution is -2.10. The Morgan fingerprint density at radius 2 is 1.90 bits per heavy atom. The Hall–Kier alpha value is -2.01. The van der Waals surface area contributed by atoms with Crippen molar-refractivity contribution in [2.45, 2.75) is 32.7 Å². The number of nitrogens with zero attached hydrogens (tertiary/aromatic N) is 2. The summed E-state index contributed by atoms with van der Waals surface area (Å²) in [7, 11) is 0. The van der Waals surface area contributed by atoms with Crippen molar-refractivity contribution >= 4 is 24.3 Å². The molecule has 4 N–H and O–H groups in total. The number of benzene rings is 1. The molecule has 0 fully saturated rings. The number of nitrogen functional groups attached to an aromatic ring is 1. The van der Waals surface area contributed by atoms with Gasteiger partial charge < -0.3 is 16.0 Å². The van der Waals surface area contributed by atoms with Gasteiger partial charge in [-0.15, -0.1) is 12.4 Å². The molecule has 0 aliphatic carbocycles. The number of imidazole rings is 1. The summed E-state index contributed by atoms with van der Waals surface area (Å²) in [6.45, 7) is 3.05. The lowest BCUT2D eigenvalue weighted by molar-refractivity contribution is 0.100. The fraction of sp³-hybridized carbons (Fsp3) is 0.333. The first-order valence-corrected chi connectivity index (χ1v) is 6.84. The summed E-state index contributed by atoms with van der Waals surface area (Å²) in [5.41, 5.74) is 13.4. The van der Waals surface area contributed by atoms with Crippen LogP contribution in [0, 0.1) is 0 Å². The molecule has 1 heterocycles. The molecule has 0 saturated heterocycles. The molecule has 0 aliphatic heterocycles. The highest BCUT2D eigenvalue weighted by atomic mass is 35.5. The molecule has 5 nitrogen and oxygen atoms in total. The minimum absolute atomic E-state index is 0. The molecular formula is C15H21ClN4O. The minimum atomic E-state index is -0.429. The van der Waals surface area contributed by atoms with Crippen LogP contribution < -0.4 is 11.5 Å². The average molecular weight is 309 g/mol. The summed E-state index contributed by atoms with van der Waals surface area (Å²) in [5, 5.41) is 0. The number of amides is 1. The number of hydrogen-bond donors (Lipinski definition) is 2. The highest BCUT2D eigenvalue weighted by Gasteiger charge is 2.08. The van der Waals surface area contributed by atoms with Crippen LogP contribution in [0.1, 0.15) is 36.5 Å². The number of carbonyl (C=O) groups is 1. The lowest BCUT2D eigenvalue weighted by Gasteiger charge is -2.02. The molecule has 1 aromatic heterocycles. The average Bonchev–Trinajstić information content (AvgIpc) is 2.81. The fourth-order valence-corrected chi connectivity index (χ4v) is 2.09. The van der Waals surface area contributed by atoms with Crippen molar-refractivity contribution in [2.75, 3.05) is 5.73 Å². The Morgan fingerprint density at radius 1 is 1.24 bits per heavy atom. The van der Waals surface area contributed by atoms with E-state index in [1.165, 1.54) is 12.8 Å². The van der Waals surface area contributed by atoms with Gasteiger partial charge in [0.05, 0.1) is 5.69 Å². The summed E-state index contributed by atoms with van der Waals surface area (Å²) < 4.78 is 1.97. The van der Waals surface area contributed by atoms with Crippen LogP contribution in [0.5, 0.6) is 0 Å². The van der Waals surface area contributed by atoms with Crippen molar-refractivity contribution in [1.29, 1.82) is 0 Å². The van der Waals surface area contributed by atoms with Crippen molar-refractivity contribution in [3.8, 4) is 11.3 Å². The fourth-order valence-electron chi connectivity index (χ4n) is 2.09. The molecule has 0 aliphatic rings. The number of hydrogen-bond acceptors (Lipinski definition) is 3. The number of unbranched alkanes of at least 4 members (excludes halogenated alkanes) is 2. The maximum absolute atomic E-state index is 11.0. The molecule has 1 aromatic carbocycles. The van der Waals surface area contributed by atoms with E-state index in [1.54, 1.807) is 12.1 Å². The zero-order chi connectivity index (χ0) is 14.5. The largest absolute Gasteiger partial charge is 0.369 e. The van der Waals surface area contributed by atoms with Gasteiger partial charge in [0.15, 0.2) is 0 Å². The molecule has 0 spiro atoms. The molecule has 0 bridgehead atoms.